The van der Waals surface area contributed by atoms with Crippen molar-refractivity contribution in [3.63, 3.8) is 0 Å². The van der Waals surface area contributed by atoms with E-state index in [0.29, 0.717) is 11.3 Å². The Labute approximate surface area is 105 Å². The second-order valence-electron chi connectivity index (χ2n) is 2.61. The second kappa shape index (κ2) is 5.14. The van der Waals surface area contributed by atoms with Crippen molar-refractivity contribution in [3.05, 3.63) is 23.8 Å². The van der Waals surface area contributed by atoms with E-state index in [0.717, 1.165) is 0 Å². The van der Waals surface area contributed by atoms with Gasteiger partial charge < -0.3 is 4.74 Å². The Kier molecular flexibility index (Phi) is 5.11. The third-order valence-electron chi connectivity index (χ3n) is 1.66. The topological polar surface area (TPSA) is 63.6 Å². The molecule has 1 aromatic carbocycles. The molecule has 74 valence electrons. The van der Waals surface area contributed by atoms with Crippen molar-refractivity contribution in [2.75, 3.05) is 7.11 Å². The predicted octanol–water partition coefficient (Wildman–Crippen LogP) is 0.602. The maximum absolute atomic E-state index is 10.8. The maximum atomic E-state index is 10.8. The Morgan fingerprint density at radius 3 is 2.29 bits per heavy atom. The molecule has 0 heterocycles. The molecule has 0 fully saturated rings. The first-order chi connectivity index (χ1) is 5.95. The summed E-state index contributed by atoms with van der Waals surface area (Å²) in [5.74, 6) is 0.560. The molecule has 0 spiro atoms. The van der Waals surface area contributed by atoms with Gasteiger partial charge in [0.2, 0.25) is 0 Å². The molecule has 0 atom stereocenters. The van der Waals surface area contributed by atoms with E-state index in [1.54, 1.807) is 13.0 Å². The third kappa shape index (κ3) is 3.25. The molecule has 1 aromatic rings. The molecular formula is C8H11NaO4S. The van der Waals surface area contributed by atoms with Gasteiger partial charge in [0.25, 0.3) is 10.1 Å². The fourth-order valence-electron chi connectivity index (χ4n) is 1.04. The van der Waals surface area contributed by atoms with Gasteiger partial charge in [-0.05, 0) is 30.7 Å². The van der Waals surface area contributed by atoms with Crippen LogP contribution < -0.4 is 4.74 Å². The number of ether oxygens (including phenoxy) is 1. The van der Waals surface area contributed by atoms with Crippen LogP contribution in [0.25, 0.3) is 0 Å². The van der Waals surface area contributed by atoms with E-state index in [2.05, 4.69) is 0 Å². The minimum atomic E-state index is -4.11. The molecule has 1 rings (SSSR count). The first-order valence-electron chi connectivity index (χ1n) is 3.57. The first-order valence-corrected chi connectivity index (χ1v) is 5.01. The summed E-state index contributed by atoms with van der Waals surface area (Å²) in [4.78, 5) is -0.0895. The van der Waals surface area contributed by atoms with Gasteiger partial charge in [-0.3, -0.25) is 4.55 Å². The number of hydrogen-bond donors (Lipinski definition) is 1. The van der Waals surface area contributed by atoms with Crippen LogP contribution in [0.5, 0.6) is 5.75 Å². The average molecular weight is 226 g/mol. The van der Waals surface area contributed by atoms with Crippen LogP contribution in [0.4, 0.5) is 0 Å². The monoisotopic (exact) mass is 226 g/mol. The average Bonchev–Trinajstić information content (AvgIpc) is 2.01. The van der Waals surface area contributed by atoms with Crippen LogP contribution in [0.1, 0.15) is 5.56 Å². The van der Waals surface area contributed by atoms with E-state index < -0.39 is 10.1 Å². The SMILES string of the molecule is COc1ccc(S(=O)(=O)O)c(C)c1.[NaH]. The van der Waals surface area contributed by atoms with Crippen LogP contribution in [-0.4, -0.2) is 49.6 Å². The van der Waals surface area contributed by atoms with E-state index in [1.807, 2.05) is 0 Å². The van der Waals surface area contributed by atoms with Gasteiger partial charge in [-0.1, -0.05) is 0 Å². The van der Waals surface area contributed by atoms with Gasteiger partial charge in [0.05, 0.1) is 12.0 Å². The van der Waals surface area contributed by atoms with Crippen molar-refractivity contribution in [1.29, 1.82) is 0 Å². The summed E-state index contributed by atoms with van der Waals surface area (Å²) < 4.78 is 35.2. The van der Waals surface area contributed by atoms with Crippen LogP contribution in [0.3, 0.4) is 0 Å². The summed E-state index contributed by atoms with van der Waals surface area (Å²) in [6, 6.07) is 4.34. The van der Waals surface area contributed by atoms with Crippen molar-refractivity contribution >= 4 is 39.7 Å². The van der Waals surface area contributed by atoms with Crippen molar-refractivity contribution in [2.24, 2.45) is 0 Å². The molecule has 4 nitrogen and oxygen atoms in total. The first kappa shape index (κ1) is 13.9. The van der Waals surface area contributed by atoms with Gasteiger partial charge in [-0.25, -0.2) is 0 Å². The Morgan fingerprint density at radius 2 is 1.93 bits per heavy atom. The Morgan fingerprint density at radius 1 is 1.36 bits per heavy atom. The van der Waals surface area contributed by atoms with Crippen LogP contribution in [-0.2, 0) is 10.1 Å². The van der Waals surface area contributed by atoms with Crippen molar-refractivity contribution in [1.82, 2.24) is 0 Å². The number of benzene rings is 1. The molecule has 14 heavy (non-hydrogen) atoms. The van der Waals surface area contributed by atoms with Gasteiger partial charge in [0, 0.05) is 0 Å². The van der Waals surface area contributed by atoms with Gasteiger partial charge in [-0.15, -0.1) is 0 Å². The van der Waals surface area contributed by atoms with Crippen LogP contribution in [0.2, 0.25) is 0 Å². The Bertz CT molecular complexity index is 413. The zero-order valence-electron chi connectivity index (χ0n) is 7.31. The molecule has 0 saturated carbocycles. The minimum absolute atomic E-state index is 0. The second-order valence-corrected chi connectivity index (χ2v) is 4.00. The predicted molar refractivity (Wildman–Crippen MR) is 54.7 cm³/mol. The van der Waals surface area contributed by atoms with Gasteiger partial charge in [0.15, 0.2) is 0 Å². The summed E-state index contributed by atoms with van der Waals surface area (Å²) in [7, 11) is -2.63. The molecular weight excluding hydrogens is 215 g/mol. The number of rotatable bonds is 2. The Hall–Kier alpha value is -0.0700. The van der Waals surface area contributed by atoms with Crippen molar-refractivity contribution in [3.8, 4) is 5.75 Å². The van der Waals surface area contributed by atoms with Crippen LogP contribution >= 0.6 is 0 Å². The molecule has 0 aliphatic rings. The number of aryl methyl sites for hydroxylation is 1. The number of hydrogen-bond acceptors (Lipinski definition) is 3. The van der Waals surface area contributed by atoms with Gasteiger partial charge in [-0.2, -0.15) is 8.42 Å². The van der Waals surface area contributed by atoms with E-state index in [1.165, 1.54) is 19.2 Å². The van der Waals surface area contributed by atoms with Gasteiger partial charge >= 0.3 is 29.6 Å². The quantitative estimate of drug-likeness (QED) is 0.592. The van der Waals surface area contributed by atoms with Crippen LogP contribution in [0.15, 0.2) is 23.1 Å². The van der Waals surface area contributed by atoms with Crippen LogP contribution in [0, 0.1) is 6.92 Å². The molecule has 0 radical (unpaired) electrons. The number of methoxy groups -OCH3 is 1. The van der Waals surface area contributed by atoms with E-state index in [-0.39, 0.29) is 34.5 Å². The van der Waals surface area contributed by atoms with Crippen molar-refractivity contribution in [2.45, 2.75) is 11.8 Å². The normalized spacial score (nSPS) is 10.5. The fraction of sp³-hybridized carbons (Fsp3) is 0.250. The fourth-order valence-corrected chi connectivity index (χ4v) is 1.74. The standard InChI is InChI=1S/C8H10O4S.Na.H/c1-6-5-7(12-2)3-4-8(6)13(9,10)11;;/h3-5H,1-2H3,(H,9,10,11);;. The summed E-state index contributed by atoms with van der Waals surface area (Å²) in [6.45, 7) is 1.59. The molecule has 0 bridgehead atoms. The van der Waals surface area contributed by atoms with E-state index in [4.69, 9.17) is 9.29 Å². The summed E-state index contributed by atoms with van der Waals surface area (Å²) >= 11 is 0. The zero-order valence-corrected chi connectivity index (χ0v) is 8.13. The molecule has 0 unspecified atom stereocenters. The van der Waals surface area contributed by atoms with E-state index >= 15 is 0 Å². The molecule has 1 N–H and O–H groups in total. The summed E-state index contributed by atoms with van der Waals surface area (Å²) in [5.41, 5.74) is 0.460. The summed E-state index contributed by atoms with van der Waals surface area (Å²) in [6.07, 6.45) is 0. The van der Waals surface area contributed by atoms with Crippen molar-refractivity contribution < 1.29 is 17.7 Å². The molecule has 0 aromatic heterocycles. The summed E-state index contributed by atoms with van der Waals surface area (Å²) in [5, 5.41) is 0. The third-order valence-corrected chi connectivity index (χ3v) is 2.67. The molecule has 0 amide bonds. The van der Waals surface area contributed by atoms with E-state index in [9.17, 15) is 8.42 Å². The molecule has 6 heteroatoms. The molecule has 0 saturated heterocycles. The Balaban J connectivity index is 0.00000169. The molecule has 0 aliphatic heterocycles. The van der Waals surface area contributed by atoms with Gasteiger partial charge in [0.1, 0.15) is 5.75 Å². The zero-order chi connectivity index (χ0) is 10.1. The molecule has 0 aliphatic carbocycles.